The Morgan fingerprint density at radius 1 is 1.06 bits per heavy atom. The first-order valence-corrected chi connectivity index (χ1v) is 10.7. The van der Waals surface area contributed by atoms with Gasteiger partial charge in [0.25, 0.3) is 5.91 Å². The summed E-state index contributed by atoms with van der Waals surface area (Å²) in [5, 5.41) is 6.27. The Morgan fingerprint density at radius 2 is 1.79 bits per heavy atom. The molecule has 0 saturated heterocycles. The van der Waals surface area contributed by atoms with E-state index in [4.69, 9.17) is 27.9 Å². The van der Waals surface area contributed by atoms with E-state index in [1.807, 2.05) is 0 Å². The van der Waals surface area contributed by atoms with Gasteiger partial charge >= 0.3 is 6.36 Å². The third kappa shape index (κ3) is 5.27. The highest BCUT2D eigenvalue weighted by molar-refractivity contribution is 6.42. The quantitative estimate of drug-likeness (QED) is 0.569. The van der Waals surface area contributed by atoms with E-state index in [0.717, 1.165) is 12.3 Å². The molecule has 0 unspecified atom stereocenters. The van der Waals surface area contributed by atoms with Crippen molar-refractivity contribution >= 4 is 40.8 Å². The minimum absolute atomic E-state index is 0.118. The van der Waals surface area contributed by atoms with Gasteiger partial charge in [-0.15, -0.1) is 13.2 Å². The molecule has 2 amide bonds. The van der Waals surface area contributed by atoms with Crippen LogP contribution in [0.2, 0.25) is 10.0 Å². The molecule has 0 aliphatic heterocycles. The number of carbonyl (C=O) groups excluding carboxylic acids is 2. The molecule has 3 saturated carbocycles. The maximum atomic E-state index is 12.8. The fourth-order valence-corrected chi connectivity index (χ4v) is 4.73. The highest BCUT2D eigenvalue weighted by Crippen LogP contribution is 2.61. The lowest BCUT2D eigenvalue weighted by Crippen LogP contribution is -2.59. The molecule has 1 heterocycles. The van der Waals surface area contributed by atoms with Gasteiger partial charge in [-0.25, -0.2) is 4.98 Å². The molecule has 3 aliphatic rings. The molecule has 0 spiro atoms. The van der Waals surface area contributed by atoms with E-state index in [0.29, 0.717) is 41.5 Å². The monoisotopic (exact) mass is 503 g/mol. The molecular formula is C21H18Cl2F3N3O4. The molecule has 2 aromatic rings. The first-order valence-electron chi connectivity index (χ1n) is 9.90. The number of benzene rings is 1. The van der Waals surface area contributed by atoms with Gasteiger partial charge in [-0.3, -0.25) is 9.59 Å². The van der Waals surface area contributed by atoms with Gasteiger partial charge in [0.2, 0.25) is 5.91 Å². The second-order valence-corrected chi connectivity index (χ2v) is 9.02. The second-order valence-electron chi connectivity index (χ2n) is 8.21. The zero-order valence-corrected chi connectivity index (χ0v) is 18.5. The summed E-state index contributed by atoms with van der Waals surface area (Å²) in [5.41, 5.74) is -1.13. The van der Waals surface area contributed by atoms with Crippen LogP contribution in [0.5, 0.6) is 11.5 Å². The molecular weight excluding hydrogens is 486 g/mol. The van der Waals surface area contributed by atoms with Gasteiger partial charge in [-0.05, 0) is 49.9 Å². The summed E-state index contributed by atoms with van der Waals surface area (Å²) in [6.45, 7) is -0.213. The van der Waals surface area contributed by atoms with Crippen molar-refractivity contribution in [3.05, 3.63) is 46.6 Å². The number of nitrogens with zero attached hydrogens (tertiary/aromatic N) is 1. The summed E-state index contributed by atoms with van der Waals surface area (Å²) in [6.07, 6.45) is -1.82. The molecule has 0 radical (unpaired) electrons. The number of anilines is 1. The van der Waals surface area contributed by atoms with Gasteiger partial charge in [0.1, 0.15) is 17.3 Å². The zero-order valence-electron chi connectivity index (χ0n) is 17.0. The van der Waals surface area contributed by atoms with E-state index in [9.17, 15) is 22.8 Å². The normalized spacial score (nSPS) is 23.4. The van der Waals surface area contributed by atoms with Crippen molar-refractivity contribution < 1.29 is 32.2 Å². The summed E-state index contributed by atoms with van der Waals surface area (Å²) >= 11 is 11.8. The van der Waals surface area contributed by atoms with Crippen LogP contribution in [-0.4, -0.2) is 35.3 Å². The number of hydrogen-bond acceptors (Lipinski definition) is 5. The van der Waals surface area contributed by atoms with Crippen LogP contribution in [-0.2, 0) is 9.59 Å². The lowest BCUT2D eigenvalue weighted by molar-refractivity contribution is -0.274. The smallest absolute Gasteiger partial charge is 0.484 e. The number of carbonyl (C=O) groups is 2. The Hall–Kier alpha value is -2.72. The second kappa shape index (κ2) is 8.57. The SMILES string of the molecule is O=C(COc1ccc(Cl)c(Cl)c1)NC12CCC(C(=O)Nc3ccc(OC(F)(F)F)cn3)(C1)C2. The van der Waals surface area contributed by atoms with Gasteiger partial charge in [0, 0.05) is 11.6 Å². The molecule has 33 heavy (non-hydrogen) atoms. The van der Waals surface area contributed by atoms with Gasteiger partial charge in [-0.2, -0.15) is 0 Å². The molecule has 0 atom stereocenters. The fourth-order valence-electron chi connectivity index (χ4n) is 4.45. The number of pyridine rings is 1. The van der Waals surface area contributed by atoms with E-state index in [-0.39, 0.29) is 24.2 Å². The number of aromatic nitrogens is 1. The third-order valence-electron chi connectivity index (χ3n) is 5.79. The molecule has 2 N–H and O–H groups in total. The average Bonchev–Trinajstić information content (AvgIpc) is 3.26. The Bertz CT molecular complexity index is 1070. The number of hydrogen-bond donors (Lipinski definition) is 2. The van der Waals surface area contributed by atoms with E-state index >= 15 is 0 Å². The van der Waals surface area contributed by atoms with Crippen LogP contribution in [0.1, 0.15) is 25.7 Å². The predicted octanol–water partition coefficient (Wildman–Crippen LogP) is 4.73. The van der Waals surface area contributed by atoms with Crippen LogP contribution >= 0.6 is 23.2 Å². The number of amides is 2. The molecule has 176 valence electrons. The number of alkyl halides is 3. The fraction of sp³-hybridized carbons (Fsp3) is 0.381. The summed E-state index contributed by atoms with van der Waals surface area (Å²) in [6, 6.07) is 6.99. The van der Waals surface area contributed by atoms with Crippen LogP contribution in [0.15, 0.2) is 36.5 Å². The topological polar surface area (TPSA) is 89.5 Å². The van der Waals surface area contributed by atoms with Crippen molar-refractivity contribution in [1.82, 2.24) is 10.3 Å². The van der Waals surface area contributed by atoms with E-state index < -0.39 is 23.1 Å². The first kappa shape index (κ1) is 23.4. The lowest BCUT2D eigenvalue weighted by Gasteiger charge is -2.46. The van der Waals surface area contributed by atoms with Crippen LogP contribution in [0.4, 0.5) is 19.0 Å². The standard InChI is InChI=1S/C21H18Cl2F3N3O4/c22-14-3-1-12(7-15(14)23)32-9-17(30)29-20-6-5-19(10-20,11-20)18(31)28-16-4-2-13(8-27-16)33-21(24,25)26/h1-4,7-8H,5-6,9-11H2,(H,29,30)(H,27,28,31). The summed E-state index contributed by atoms with van der Waals surface area (Å²) in [4.78, 5) is 28.9. The summed E-state index contributed by atoms with van der Waals surface area (Å²) < 4.78 is 45.9. The zero-order chi connectivity index (χ0) is 23.9. The van der Waals surface area contributed by atoms with Crippen molar-refractivity contribution in [2.75, 3.05) is 11.9 Å². The van der Waals surface area contributed by atoms with Crippen molar-refractivity contribution in [1.29, 1.82) is 0 Å². The number of ether oxygens (including phenoxy) is 2. The Balaban J connectivity index is 1.27. The Kier molecular flexibility index (Phi) is 6.09. The van der Waals surface area contributed by atoms with Gasteiger partial charge in [0.15, 0.2) is 6.61 Å². The molecule has 3 fully saturated rings. The molecule has 5 rings (SSSR count). The largest absolute Gasteiger partial charge is 0.573 e. The third-order valence-corrected chi connectivity index (χ3v) is 6.53. The van der Waals surface area contributed by atoms with Gasteiger partial charge in [-0.1, -0.05) is 23.2 Å². The first-order chi connectivity index (χ1) is 15.5. The van der Waals surface area contributed by atoms with Gasteiger partial charge < -0.3 is 20.1 Å². The maximum Gasteiger partial charge on any atom is 0.573 e. The van der Waals surface area contributed by atoms with Crippen molar-refractivity contribution in [3.8, 4) is 11.5 Å². The lowest BCUT2D eigenvalue weighted by atomic mass is 9.64. The number of halogens is 5. The number of nitrogens with one attached hydrogen (secondary N) is 2. The molecule has 3 aliphatic carbocycles. The van der Waals surface area contributed by atoms with Crippen LogP contribution in [0, 0.1) is 5.41 Å². The highest BCUT2D eigenvalue weighted by Gasteiger charge is 2.65. The van der Waals surface area contributed by atoms with Crippen LogP contribution in [0.25, 0.3) is 0 Å². The summed E-state index contributed by atoms with van der Waals surface area (Å²) in [5.74, 6) is -0.557. The number of rotatable bonds is 7. The van der Waals surface area contributed by atoms with Crippen molar-refractivity contribution in [2.24, 2.45) is 5.41 Å². The minimum Gasteiger partial charge on any atom is -0.484 e. The summed E-state index contributed by atoms with van der Waals surface area (Å²) in [7, 11) is 0. The highest BCUT2D eigenvalue weighted by atomic mass is 35.5. The minimum atomic E-state index is -4.82. The Labute approximate surface area is 196 Å². The van der Waals surface area contributed by atoms with Crippen molar-refractivity contribution in [3.63, 3.8) is 0 Å². The van der Waals surface area contributed by atoms with Gasteiger partial charge in [0.05, 0.1) is 21.7 Å². The Morgan fingerprint density at radius 3 is 2.42 bits per heavy atom. The molecule has 12 heteroatoms. The average molecular weight is 504 g/mol. The maximum absolute atomic E-state index is 12.8. The van der Waals surface area contributed by atoms with E-state index in [2.05, 4.69) is 20.4 Å². The predicted molar refractivity (Wildman–Crippen MR) is 113 cm³/mol. The van der Waals surface area contributed by atoms with Crippen molar-refractivity contribution in [2.45, 2.75) is 37.6 Å². The van der Waals surface area contributed by atoms with E-state index in [1.165, 1.54) is 12.1 Å². The van der Waals surface area contributed by atoms with Crippen LogP contribution in [0.3, 0.4) is 0 Å². The molecule has 2 bridgehead atoms. The number of fused-ring (bicyclic) bond motifs is 1. The van der Waals surface area contributed by atoms with E-state index in [1.54, 1.807) is 12.1 Å². The van der Waals surface area contributed by atoms with Crippen LogP contribution < -0.4 is 20.1 Å². The molecule has 7 nitrogen and oxygen atoms in total. The molecule has 1 aromatic carbocycles. The molecule has 1 aromatic heterocycles.